The molecule has 1 aromatic carbocycles. The molecule has 1 heterocycles. The topological polar surface area (TPSA) is 47.1 Å². The molecule has 114 valence electrons. The maximum Gasteiger partial charge on any atom is 0.142 e. The predicted molar refractivity (Wildman–Crippen MR) is 89.1 cm³/mol. The summed E-state index contributed by atoms with van der Waals surface area (Å²) in [6.07, 6.45) is 4.50. The molecule has 0 amide bonds. The number of hydrogen-bond donors (Lipinski definition) is 2. The van der Waals surface area contributed by atoms with Crippen molar-refractivity contribution in [3.8, 4) is 0 Å². The van der Waals surface area contributed by atoms with E-state index < -0.39 is 11.4 Å². The normalized spacial score (nSPS) is 21.8. The summed E-state index contributed by atoms with van der Waals surface area (Å²) in [6, 6.07) is 8.45. The largest absolute Gasteiger partial charge is 0.593 e. The molecule has 1 atom stereocenters. The molecule has 1 fully saturated rings. The van der Waals surface area contributed by atoms with Gasteiger partial charge in [-0.05, 0) is 51.9 Å². The molecule has 0 saturated carbocycles. The van der Waals surface area contributed by atoms with Gasteiger partial charge >= 0.3 is 0 Å². The average molecular weight is 304 g/mol. The number of rotatable bonds is 2. The van der Waals surface area contributed by atoms with Gasteiger partial charge in [0.05, 0.1) is 17.1 Å². The van der Waals surface area contributed by atoms with E-state index in [1.807, 2.05) is 20.8 Å². The van der Waals surface area contributed by atoms with E-state index in [0.717, 1.165) is 31.6 Å². The fourth-order valence-electron chi connectivity index (χ4n) is 3.16. The highest BCUT2D eigenvalue weighted by molar-refractivity contribution is 7.91. The highest BCUT2D eigenvalue weighted by Crippen LogP contribution is 2.40. The zero-order chi connectivity index (χ0) is 15.1. The highest BCUT2D eigenvalue weighted by atomic mass is 32.2. The molecule has 0 unspecified atom stereocenters. The van der Waals surface area contributed by atoms with Crippen molar-refractivity contribution in [3.05, 3.63) is 34.7 Å². The van der Waals surface area contributed by atoms with Crippen molar-refractivity contribution in [1.82, 2.24) is 10.0 Å². The zero-order valence-electron chi connectivity index (χ0n) is 13.0. The molecule has 0 radical (unpaired) electrons. The van der Waals surface area contributed by atoms with Crippen molar-refractivity contribution < 1.29 is 4.55 Å². The standard InChI is InChI=1S/C17H24N2OS/c1-16(2,3)21(20)19-15-14-7-5-4-6-13(14)12-17(15)8-10-18-11-9-17/h4-7,12,18-19H,8-11H2,1-3H3/t21-/m1/s1. The second kappa shape index (κ2) is 5.34. The molecule has 1 saturated heterocycles. The Labute approximate surface area is 129 Å². The molecule has 0 bridgehead atoms. The van der Waals surface area contributed by atoms with E-state index in [0.29, 0.717) is 0 Å². The molecular weight excluding hydrogens is 280 g/mol. The van der Waals surface area contributed by atoms with Gasteiger partial charge in [0.1, 0.15) is 4.75 Å². The van der Waals surface area contributed by atoms with Gasteiger partial charge in [-0.25, -0.2) is 4.72 Å². The number of nitrogens with one attached hydrogen (secondary N) is 2. The first-order chi connectivity index (χ1) is 9.92. The molecule has 2 N–H and O–H groups in total. The van der Waals surface area contributed by atoms with Crippen molar-refractivity contribution >= 4 is 23.1 Å². The zero-order valence-corrected chi connectivity index (χ0v) is 13.8. The minimum absolute atomic E-state index is 0.0237. The van der Waals surface area contributed by atoms with E-state index in [1.54, 1.807) is 0 Å². The molecule has 21 heavy (non-hydrogen) atoms. The molecular formula is C17H24N2OS. The van der Waals surface area contributed by atoms with Gasteiger partial charge in [-0.15, -0.1) is 0 Å². The Bertz CT molecular complexity index is 641. The fraction of sp³-hybridized carbons (Fsp3) is 0.529. The van der Waals surface area contributed by atoms with Crippen molar-refractivity contribution in [2.24, 2.45) is 5.41 Å². The van der Waals surface area contributed by atoms with Gasteiger partial charge < -0.3 is 9.87 Å². The van der Waals surface area contributed by atoms with Crippen LogP contribution in [0.5, 0.6) is 0 Å². The van der Waals surface area contributed by atoms with Crippen LogP contribution < -0.4 is 20.5 Å². The summed E-state index contributed by atoms with van der Waals surface area (Å²) in [5.74, 6) is 0. The molecule has 4 heteroatoms. The quantitative estimate of drug-likeness (QED) is 0.802. The van der Waals surface area contributed by atoms with Crippen LogP contribution in [-0.2, 0) is 11.4 Å². The van der Waals surface area contributed by atoms with Gasteiger partial charge in [0.2, 0.25) is 0 Å². The summed E-state index contributed by atoms with van der Waals surface area (Å²) in [7, 11) is 0. The molecule has 1 aliphatic heterocycles. The SMILES string of the molecule is CC(C)(C)[S@@+]([O-])NC1=c2ccccc2=CC12CCNCC2. The first kappa shape index (κ1) is 14.9. The third kappa shape index (κ3) is 2.72. The number of fused-ring (bicyclic) bond motifs is 1. The van der Waals surface area contributed by atoms with Gasteiger partial charge in [-0.3, -0.25) is 0 Å². The second-order valence-corrected chi connectivity index (χ2v) is 8.96. The van der Waals surface area contributed by atoms with Crippen molar-refractivity contribution in [2.45, 2.75) is 38.4 Å². The van der Waals surface area contributed by atoms with Gasteiger partial charge in [0.25, 0.3) is 0 Å². The third-order valence-corrected chi connectivity index (χ3v) is 5.91. The fourth-order valence-corrected chi connectivity index (χ4v) is 3.96. The van der Waals surface area contributed by atoms with Gasteiger partial charge in [-0.2, -0.15) is 0 Å². The summed E-state index contributed by atoms with van der Waals surface area (Å²) in [5.41, 5.74) is 1.18. The van der Waals surface area contributed by atoms with E-state index >= 15 is 0 Å². The number of piperidine rings is 1. The smallest absolute Gasteiger partial charge is 0.142 e. The molecule has 2 aliphatic rings. The van der Waals surface area contributed by atoms with Gasteiger partial charge in [0.15, 0.2) is 0 Å². The lowest BCUT2D eigenvalue weighted by Gasteiger charge is -2.37. The van der Waals surface area contributed by atoms with Crippen molar-refractivity contribution in [3.63, 3.8) is 0 Å². The lowest BCUT2D eigenvalue weighted by molar-refractivity contribution is 0.370. The van der Waals surface area contributed by atoms with E-state index in [4.69, 9.17) is 0 Å². The van der Waals surface area contributed by atoms with Crippen LogP contribution in [0, 0.1) is 5.41 Å². The van der Waals surface area contributed by atoms with Crippen LogP contribution in [0.1, 0.15) is 33.6 Å². The Kier molecular flexibility index (Phi) is 3.80. The third-order valence-electron chi connectivity index (χ3n) is 4.41. The Hall–Kier alpha value is -0.970. The van der Waals surface area contributed by atoms with Crippen LogP contribution in [0.4, 0.5) is 0 Å². The minimum atomic E-state index is -1.09. The summed E-state index contributed by atoms with van der Waals surface area (Å²) >= 11 is -1.09. The summed E-state index contributed by atoms with van der Waals surface area (Å²) in [6.45, 7) is 8.05. The van der Waals surface area contributed by atoms with E-state index in [1.165, 1.54) is 10.4 Å². The predicted octanol–water partition coefficient (Wildman–Crippen LogP) is 1.01. The molecule has 0 aromatic heterocycles. The molecule has 3 rings (SSSR count). The Morgan fingerprint density at radius 1 is 1.19 bits per heavy atom. The molecule has 1 aromatic rings. The van der Waals surface area contributed by atoms with Crippen molar-refractivity contribution in [2.75, 3.05) is 13.1 Å². The van der Waals surface area contributed by atoms with Crippen LogP contribution in [0.25, 0.3) is 11.8 Å². The summed E-state index contributed by atoms with van der Waals surface area (Å²) < 4.78 is 15.7. The maximum absolute atomic E-state index is 12.6. The number of benzene rings is 1. The Morgan fingerprint density at radius 2 is 1.86 bits per heavy atom. The lowest BCUT2D eigenvalue weighted by atomic mass is 9.78. The second-order valence-electron chi connectivity index (χ2n) is 7.00. The van der Waals surface area contributed by atoms with E-state index in [-0.39, 0.29) is 10.2 Å². The van der Waals surface area contributed by atoms with Crippen LogP contribution >= 0.6 is 0 Å². The molecule has 1 spiro atoms. The Balaban J connectivity index is 2.06. The van der Waals surface area contributed by atoms with Crippen LogP contribution in [0.2, 0.25) is 0 Å². The maximum atomic E-state index is 12.6. The summed E-state index contributed by atoms with van der Waals surface area (Å²) in [5, 5.41) is 5.92. The van der Waals surface area contributed by atoms with E-state index in [9.17, 15) is 4.55 Å². The first-order valence-electron chi connectivity index (χ1n) is 7.64. The van der Waals surface area contributed by atoms with Gasteiger partial charge in [-0.1, -0.05) is 30.3 Å². The Morgan fingerprint density at radius 3 is 2.52 bits per heavy atom. The monoisotopic (exact) mass is 304 g/mol. The van der Waals surface area contributed by atoms with Crippen LogP contribution in [0.15, 0.2) is 24.3 Å². The van der Waals surface area contributed by atoms with Crippen LogP contribution in [0.3, 0.4) is 0 Å². The average Bonchev–Trinajstić information content (AvgIpc) is 2.72. The van der Waals surface area contributed by atoms with Crippen LogP contribution in [-0.4, -0.2) is 22.4 Å². The van der Waals surface area contributed by atoms with Crippen molar-refractivity contribution in [1.29, 1.82) is 0 Å². The summed E-state index contributed by atoms with van der Waals surface area (Å²) in [4.78, 5) is 0. The van der Waals surface area contributed by atoms with E-state index in [2.05, 4.69) is 40.4 Å². The lowest BCUT2D eigenvalue weighted by Crippen LogP contribution is -2.46. The first-order valence-corrected chi connectivity index (χ1v) is 8.79. The number of hydrogen-bond acceptors (Lipinski definition) is 3. The van der Waals surface area contributed by atoms with Gasteiger partial charge in [0, 0.05) is 10.6 Å². The molecule has 1 aliphatic carbocycles. The minimum Gasteiger partial charge on any atom is -0.593 e. The highest BCUT2D eigenvalue weighted by Gasteiger charge is 2.40. The molecule has 3 nitrogen and oxygen atoms in total.